The van der Waals surface area contributed by atoms with E-state index in [1.807, 2.05) is 18.2 Å². The maximum atomic E-state index is 12.9. The smallest absolute Gasteiger partial charge is 0.328 e. The SMILES string of the molecule is CCCCCCCC(=O)OC(CN1CCN(c2ccccn2)CC1)CN1C(=O)c2ccccc2C1=O.O=C(O)/C=C\C(=O)O.O=C(O)/C=C\C(=O)O. The van der Waals surface area contributed by atoms with Crippen LogP contribution < -0.4 is 4.90 Å². The second-order valence-electron chi connectivity index (χ2n) is 11.5. The number of carboxylic acids is 4. The first kappa shape index (κ1) is 42.3. The van der Waals surface area contributed by atoms with Crippen molar-refractivity contribution in [3.8, 4) is 0 Å². The number of piperazine rings is 1. The number of carbonyl (C=O) groups is 7. The number of benzene rings is 1. The van der Waals surface area contributed by atoms with E-state index in [4.69, 9.17) is 25.2 Å². The molecule has 1 aromatic carbocycles. The molecular formula is C36H44N4O12. The number of amides is 2. The highest BCUT2D eigenvalue weighted by Crippen LogP contribution is 2.23. The molecule has 0 radical (unpaired) electrons. The lowest BCUT2D eigenvalue weighted by atomic mass is 10.1. The Bertz CT molecular complexity index is 1490. The molecule has 0 aliphatic carbocycles. The van der Waals surface area contributed by atoms with Crippen LogP contribution in [0.4, 0.5) is 5.82 Å². The maximum absolute atomic E-state index is 12.9. The fourth-order valence-corrected chi connectivity index (χ4v) is 5.13. The number of hydrogen-bond acceptors (Lipinski definition) is 11. The van der Waals surface area contributed by atoms with Crippen LogP contribution in [0.15, 0.2) is 73.0 Å². The molecule has 1 fully saturated rings. The molecule has 2 aliphatic heterocycles. The summed E-state index contributed by atoms with van der Waals surface area (Å²) >= 11 is 0. The molecule has 16 heteroatoms. The molecule has 1 aromatic heterocycles. The van der Waals surface area contributed by atoms with E-state index >= 15 is 0 Å². The Kier molecular flexibility index (Phi) is 18.5. The molecule has 2 aliphatic rings. The predicted molar refractivity (Wildman–Crippen MR) is 187 cm³/mol. The third-order valence-electron chi connectivity index (χ3n) is 7.59. The van der Waals surface area contributed by atoms with E-state index in [-0.39, 0.29) is 24.3 Å². The summed E-state index contributed by atoms with van der Waals surface area (Å²) in [6.07, 6.45) is 9.04. The number of imide groups is 1. The highest BCUT2D eigenvalue weighted by molar-refractivity contribution is 6.21. The van der Waals surface area contributed by atoms with Gasteiger partial charge in [-0.15, -0.1) is 0 Å². The third-order valence-corrected chi connectivity index (χ3v) is 7.59. The second-order valence-corrected chi connectivity index (χ2v) is 11.5. The highest BCUT2D eigenvalue weighted by Gasteiger charge is 2.37. The third kappa shape index (κ3) is 15.8. The lowest BCUT2D eigenvalue weighted by molar-refractivity contribution is -0.150. The molecule has 0 bridgehead atoms. The molecule has 2 aromatic rings. The maximum Gasteiger partial charge on any atom is 0.328 e. The number of carboxylic acid groups (broad SMARTS) is 4. The van der Waals surface area contributed by atoms with Crippen molar-refractivity contribution in [2.24, 2.45) is 0 Å². The van der Waals surface area contributed by atoms with Crippen LogP contribution in [-0.4, -0.2) is 122 Å². The number of anilines is 1. The van der Waals surface area contributed by atoms with Crippen molar-refractivity contribution in [3.63, 3.8) is 0 Å². The van der Waals surface area contributed by atoms with Crippen LogP contribution >= 0.6 is 0 Å². The summed E-state index contributed by atoms with van der Waals surface area (Å²) in [5.74, 6) is -4.98. The number of nitrogens with zero attached hydrogens (tertiary/aromatic N) is 4. The molecule has 0 spiro atoms. The summed E-state index contributed by atoms with van der Waals surface area (Å²) in [5.41, 5.74) is 0.819. The minimum absolute atomic E-state index is 0.0639. The van der Waals surface area contributed by atoms with Crippen molar-refractivity contribution < 1.29 is 58.7 Å². The largest absolute Gasteiger partial charge is 0.478 e. The number of rotatable bonds is 16. The number of pyridine rings is 1. The number of hydrogen-bond donors (Lipinski definition) is 4. The Hall–Kier alpha value is -5.90. The van der Waals surface area contributed by atoms with Crippen LogP contribution in [-0.2, 0) is 28.7 Å². The number of carbonyl (C=O) groups excluding carboxylic acids is 3. The van der Waals surface area contributed by atoms with Crippen LogP contribution in [0.5, 0.6) is 0 Å². The van der Waals surface area contributed by atoms with Crippen molar-refractivity contribution >= 4 is 47.5 Å². The molecule has 0 saturated carbocycles. The molecule has 52 heavy (non-hydrogen) atoms. The van der Waals surface area contributed by atoms with Crippen molar-refractivity contribution in [1.82, 2.24) is 14.8 Å². The molecule has 1 atom stereocenters. The zero-order valence-corrected chi connectivity index (χ0v) is 28.8. The molecular weight excluding hydrogens is 680 g/mol. The van der Waals surface area contributed by atoms with Crippen LogP contribution in [0.1, 0.15) is 66.2 Å². The van der Waals surface area contributed by atoms with Gasteiger partial charge in [-0.2, -0.15) is 0 Å². The lowest BCUT2D eigenvalue weighted by Gasteiger charge is -2.37. The highest BCUT2D eigenvalue weighted by atomic mass is 16.5. The van der Waals surface area contributed by atoms with E-state index in [0.29, 0.717) is 48.4 Å². The zero-order valence-electron chi connectivity index (χ0n) is 28.8. The van der Waals surface area contributed by atoms with Crippen molar-refractivity contribution in [3.05, 3.63) is 84.1 Å². The van der Waals surface area contributed by atoms with Gasteiger partial charge in [0.15, 0.2) is 0 Å². The van der Waals surface area contributed by atoms with E-state index in [1.165, 1.54) is 11.3 Å². The predicted octanol–water partition coefficient (Wildman–Crippen LogP) is 3.20. The molecule has 16 nitrogen and oxygen atoms in total. The molecule has 3 heterocycles. The monoisotopic (exact) mass is 724 g/mol. The molecule has 280 valence electrons. The van der Waals surface area contributed by atoms with Gasteiger partial charge in [-0.1, -0.05) is 50.8 Å². The van der Waals surface area contributed by atoms with Gasteiger partial charge in [0, 0.05) is 69.6 Å². The van der Waals surface area contributed by atoms with Crippen molar-refractivity contribution in [1.29, 1.82) is 0 Å². The second kappa shape index (κ2) is 22.7. The van der Waals surface area contributed by atoms with Crippen LogP contribution in [0.3, 0.4) is 0 Å². The lowest BCUT2D eigenvalue weighted by Crippen LogP contribution is -2.51. The summed E-state index contributed by atoms with van der Waals surface area (Å²) in [4.78, 5) is 86.9. The number of esters is 1. The molecule has 2 amide bonds. The fourth-order valence-electron chi connectivity index (χ4n) is 5.13. The van der Waals surface area contributed by atoms with Crippen LogP contribution in [0, 0.1) is 0 Å². The summed E-state index contributed by atoms with van der Waals surface area (Å²) in [6.45, 7) is 5.88. The van der Waals surface area contributed by atoms with Crippen molar-refractivity contribution in [2.45, 2.75) is 51.6 Å². The molecule has 4 rings (SSSR count). The number of ether oxygens (including phenoxy) is 1. The summed E-state index contributed by atoms with van der Waals surface area (Å²) in [6, 6.07) is 12.7. The summed E-state index contributed by atoms with van der Waals surface area (Å²) in [7, 11) is 0. The van der Waals surface area contributed by atoms with E-state index in [2.05, 4.69) is 21.7 Å². The van der Waals surface area contributed by atoms with Crippen molar-refractivity contribution in [2.75, 3.05) is 44.2 Å². The first-order chi connectivity index (χ1) is 24.8. The van der Waals surface area contributed by atoms with Gasteiger partial charge in [-0.3, -0.25) is 24.2 Å². The topological polar surface area (TPSA) is 232 Å². The standard InChI is InChI=1S/C28H36N4O4.2C4H4O4/c1-2-3-4-5-6-14-26(33)36-22(21-32-27(34)23-11-7-8-12-24(23)28(32)35)20-30-16-18-31(19-17-30)25-13-9-10-15-29-25;2*5-3(6)1-2-4(7)8/h7-13,15,22H,2-6,14,16-21H2,1H3;2*1-2H,(H,5,6)(H,7,8)/b;2*2-1-. The van der Waals surface area contributed by atoms with E-state index in [9.17, 15) is 33.6 Å². The van der Waals surface area contributed by atoms with Gasteiger partial charge in [0.05, 0.1) is 17.7 Å². The number of aromatic nitrogens is 1. The van der Waals surface area contributed by atoms with Gasteiger partial charge in [0.2, 0.25) is 0 Å². The van der Waals surface area contributed by atoms with E-state index in [0.717, 1.165) is 57.7 Å². The van der Waals surface area contributed by atoms with Gasteiger partial charge in [-0.05, 0) is 30.7 Å². The van der Waals surface area contributed by atoms with Gasteiger partial charge >= 0.3 is 29.8 Å². The Morgan fingerprint density at radius 1 is 0.712 bits per heavy atom. The van der Waals surface area contributed by atoms with Gasteiger partial charge in [0.25, 0.3) is 11.8 Å². The van der Waals surface area contributed by atoms with Crippen LogP contribution in [0.2, 0.25) is 0 Å². The Morgan fingerprint density at radius 2 is 1.21 bits per heavy atom. The molecule has 1 saturated heterocycles. The Labute approximate surface area is 300 Å². The number of unbranched alkanes of at least 4 members (excludes halogenated alkanes) is 4. The zero-order chi connectivity index (χ0) is 38.5. The molecule has 4 N–H and O–H groups in total. The Balaban J connectivity index is 0.000000487. The molecule has 1 unspecified atom stereocenters. The normalized spacial score (nSPS) is 14.6. The average Bonchev–Trinajstić information content (AvgIpc) is 3.35. The van der Waals surface area contributed by atoms with Gasteiger partial charge < -0.3 is 30.1 Å². The van der Waals surface area contributed by atoms with Crippen LogP contribution in [0.25, 0.3) is 0 Å². The first-order valence-corrected chi connectivity index (χ1v) is 16.6. The Morgan fingerprint density at radius 3 is 1.67 bits per heavy atom. The van der Waals surface area contributed by atoms with Gasteiger partial charge in [-0.25, -0.2) is 24.2 Å². The minimum Gasteiger partial charge on any atom is -0.478 e. The number of aliphatic carboxylic acids is 4. The average molecular weight is 725 g/mol. The summed E-state index contributed by atoms with van der Waals surface area (Å²) in [5, 5.41) is 31.2. The van der Waals surface area contributed by atoms with Gasteiger partial charge in [0.1, 0.15) is 11.9 Å². The van der Waals surface area contributed by atoms with E-state index < -0.39 is 30.0 Å². The fraction of sp³-hybridized carbons (Fsp3) is 0.389. The summed E-state index contributed by atoms with van der Waals surface area (Å²) < 4.78 is 5.88. The van der Waals surface area contributed by atoms with E-state index in [1.54, 1.807) is 30.5 Å². The first-order valence-electron chi connectivity index (χ1n) is 16.6. The minimum atomic E-state index is -1.26. The quantitative estimate of drug-likeness (QED) is 0.0843. The number of fused-ring (bicyclic) bond motifs is 1.